The molecule has 18 heavy (non-hydrogen) atoms. The average Bonchev–Trinajstić information content (AvgIpc) is 2.61. The molecule has 2 N–H and O–H groups in total. The molecule has 0 aromatic heterocycles. The first-order valence-corrected chi connectivity index (χ1v) is 6.69. The number of ether oxygens (including phenoxy) is 2. The van der Waals surface area contributed by atoms with E-state index in [1.54, 1.807) is 0 Å². The van der Waals surface area contributed by atoms with E-state index in [4.69, 9.17) is 15.2 Å². The van der Waals surface area contributed by atoms with E-state index < -0.39 is 0 Å². The van der Waals surface area contributed by atoms with Gasteiger partial charge in [-0.1, -0.05) is 19.9 Å². The molecule has 0 fully saturated rings. The van der Waals surface area contributed by atoms with E-state index >= 15 is 0 Å². The monoisotopic (exact) mass is 249 g/mol. The number of aryl methyl sites for hydroxylation is 1. The fourth-order valence-corrected chi connectivity index (χ4v) is 1.95. The van der Waals surface area contributed by atoms with Crippen molar-refractivity contribution >= 4 is 0 Å². The van der Waals surface area contributed by atoms with Gasteiger partial charge in [0.25, 0.3) is 0 Å². The van der Waals surface area contributed by atoms with E-state index in [-0.39, 0.29) is 5.41 Å². The van der Waals surface area contributed by atoms with Crippen molar-refractivity contribution in [2.75, 3.05) is 19.8 Å². The summed E-state index contributed by atoms with van der Waals surface area (Å²) in [6.07, 6.45) is 3.06. The number of nitrogens with two attached hydrogens (primary N) is 1. The number of benzene rings is 1. The maximum atomic E-state index is 5.76. The van der Waals surface area contributed by atoms with Gasteiger partial charge in [-0.3, -0.25) is 0 Å². The molecule has 0 atom stereocenters. The molecule has 100 valence electrons. The zero-order chi connectivity index (χ0) is 13.0. The van der Waals surface area contributed by atoms with Crippen molar-refractivity contribution in [2.45, 2.75) is 33.1 Å². The fraction of sp³-hybridized carbons (Fsp3) is 0.600. The van der Waals surface area contributed by atoms with E-state index in [2.05, 4.69) is 26.0 Å². The molecule has 2 rings (SSSR count). The number of hydrogen-bond donors (Lipinski definition) is 1. The van der Waals surface area contributed by atoms with Crippen LogP contribution in [0.2, 0.25) is 0 Å². The third-order valence-corrected chi connectivity index (χ3v) is 3.45. The van der Waals surface area contributed by atoms with Crippen molar-refractivity contribution in [2.24, 2.45) is 11.1 Å². The summed E-state index contributed by atoms with van der Waals surface area (Å²) in [4.78, 5) is 0. The summed E-state index contributed by atoms with van der Waals surface area (Å²) >= 11 is 0. The lowest BCUT2D eigenvalue weighted by atomic mass is 9.86. The maximum Gasteiger partial charge on any atom is 0.161 e. The predicted molar refractivity (Wildman–Crippen MR) is 73.2 cm³/mol. The third-order valence-electron chi connectivity index (χ3n) is 3.45. The van der Waals surface area contributed by atoms with Crippen molar-refractivity contribution in [1.82, 2.24) is 0 Å². The standard InChI is InChI=1S/C15H23NO2/c1-15(2,11-16)7-6-12-4-5-13-14(10-12)18-9-3-8-17-13/h4-5,10H,3,6-9,11,16H2,1-2H3. The molecule has 1 aliphatic heterocycles. The predicted octanol–water partition coefficient (Wildman–Crippen LogP) is 2.77. The largest absolute Gasteiger partial charge is 0.490 e. The summed E-state index contributed by atoms with van der Waals surface area (Å²) in [6, 6.07) is 6.25. The van der Waals surface area contributed by atoms with Gasteiger partial charge in [-0.05, 0) is 42.5 Å². The molecular weight excluding hydrogens is 226 g/mol. The first-order valence-electron chi connectivity index (χ1n) is 6.69. The topological polar surface area (TPSA) is 44.5 Å². The molecule has 1 heterocycles. The van der Waals surface area contributed by atoms with Crippen LogP contribution in [0, 0.1) is 5.41 Å². The van der Waals surface area contributed by atoms with Crippen LogP contribution in [-0.2, 0) is 6.42 Å². The second-order valence-electron chi connectivity index (χ2n) is 5.70. The second-order valence-corrected chi connectivity index (χ2v) is 5.70. The molecule has 1 aromatic carbocycles. The highest BCUT2D eigenvalue weighted by Crippen LogP contribution is 2.31. The van der Waals surface area contributed by atoms with E-state index in [9.17, 15) is 0 Å². The smallest absolute Gasteiger partial charge is 0.161 e. The molecule has 0 amide bonds. The van der Waals surface area contributed by atoms with Gasteiger partial charge in [0.2, 0.25) is 0 Å². The van der Waals surface area contributed by atoms with Crippen LogP contribution in [0.4, 0.5) is 0 Å². The van der Waals surface area contributed by atoms with Gasteiger partial charge >= 0.3 is 0 Å². The van der Waals surface area contributed by atoms with Crippen LogP contribution in [0.3, 0.4) is 0 Å². The van der Waals surface area contributed by atoms with E-state index in [1.807, 2.05) is 6.07 Å². The van der Waals surface area contributed by atoms with Crippen LogP contribution in [0.15, 0.2) is 18.2 Å². The maximum absolute atomic E-state index is 5.76. The highest BCUT2D eigenvalue weighted by molar-refractivity contribution is 5.43. The minimum Gasteiger partial charge on any atom is -0.490 e. The molecular formula is C15H23NO2. The zero-order valence-corrected chi connectivity index (χ0v) is 11.4. The summed E-state index contributed by atoms with van der Waals surface area (Å²) < 4.78 is 11.3. The van der Waals surface area contributed by atoms with Gasteiger partial charge in [-0.25, -0.2) is 0 Å². The average molecular weight is 249 g/mol. The normalized spacial score (nSPS) is 15.3. The van der Waals surface area contributed by atoms with Crippen molar-refractivity contribution in [1.29, 1.82) is 0 Å². The van der Waals surface area contributed by atoms with Crippen LogP contribution in [0.5, 0.6) is 11.5 Å². The van der Waals surface area contributed by atoms with E-state index in [0.717, 1.165) is 50.5 Å². The SMILES string of the molecule is CC(C)(CN)CCc1ccc2c(c1)OCCCO2. The summed E-state index contributed by atoms with van der Waals surface area (Å²) in [5.74, 6) is 1.75. The summed E-state index contributed by atoms with van der Waals surface area (Å²) in [7, 11) is 0. The highest BCUT2D eigenvalue weighted by atomic mass is 16.5. The molecule has 0 spiro atoms. The molecule has 0 saturated heterocycles. The molecule has 0 bridgehead atoms. The number of fused-ring (bicyclic) bond motifs is 1. The van der Waals surface area contributed by atoms with Gasteiger partial charge in [0.1, 0.15) is 0 Å². The number of hydrogen-bond acceptors (Lipinski definition) is 3. The second kappa shape index (κ2) is 5.61. The lowest BCUT2D eigenvalue weighted by Gasteiger charge is -2.22. The highest BCUT2D eigenvalue weighted by Gasteiger charge is 2.16. The Bertz CT molecular complexity index is 401. The van der Waals surface area contributed by atoms with E-state index in [1.165, 1.54) is 5.56 Å². The summed E-state index contributed by atoms with van der Waals surface area (Å²) in [5.41, 5.74) is 7.25. The Morgan fingerprint density at radius 1 is 1.17 bits per heavy atom. The lowest BCUT2D eigenvalue weighted by molar-refractivity contribution is 0.297. The van der Waals surface area contributed by atoms with Crippen LogP contribution in [-0.4, -0.2) is 19.8 Å². The lowest BCUT2D eigenvalue weighted by Crippen LogP contribution is -2.24. The fourth-order valence-electron chi connectivity index (χ4n) is 1.95. The van der Waals surface area contributed by atoms with Crippen molar-refractivity contribution in [3.63, 3.8) is 0 Å². The van der Waals surface area contributed by atoms with Crippen LogP contribution >= 0.6 is 0 Å². The summed E-state index contributed by atoms with van der Waals surface area (Å²) in [5, 5.41) is 0. The van der Waals surface area contributed by atoms with Gasteiger partial charge in [0, 0.05) is 6.42 Å². The molecule has 0 unspecified atom stereocenters. The zero-order valence-electron chi connectivity index (χ0n) is 11.4. The Kier molecular flexibility index (Phi) is 4.12. The van der Waals surface area contributed by atoms with E-state index in [0.29, 0.717) is 0 Å². The van der Waals surface area contributed by atoms with Gasteiger partial charge in [-0.15, -0.1) is 0 Å². The number of rotatable bonds is 4. The Balaban J connectivity index is 2.04. The first-order chi connectivity index (χ1) is 8.61. The quantitative estimate of drug-likeness (QED) is 0.892. The Morgan fingerprint density at radius 3 is 2.61 bits per heavy atom. The molecule has 3 nitrogen and oxygen atoms in total. The van der Waals surface area contributed by atoms with Gasteiger partial charge in [0.15, 0.2) is 11.5 Å². The third kappa shape index (κ3) is 3.39. The minimum atomic E-state index is 0.199. The molecule has 1 aromatic rings. The Morgan fingerprint density at radius 2 is 1.89 bits per heavy atom. The molecule has 0 radical (unpaired) electrons. The van der Waals surface area contributed by atoms with Crippen LogP contribution in [0.1, 0.15) is 32.3 Å². The molecule has 0 aliphatic carbocycles. The van der Waals surface area contributed by atoms with Gasteiger partial charge < -0.3 is 15.2 Å². The molecule has 1 aliphatic rings. The molecule has 3 heteroatoms. The van der Waals surface area contributed by atoms with Crippen LogP contribution in [0.25, 0.3) is 0 Å². The van der Waals surface area contributed by atoms with Crippen LogP contribution < -0.4 is 15.2 Å². The van der Waals surface area contributed by atoms with Crippen molar-refractivity contribution in [3.05, 3.63) is 23.8 Å². The van der Waals surface area contributed by atoms with Crippen molar-refractivity contribution < 1.29 is 9.47 Å². The minimum absolute atomic E-state index is 0.199. The van der Waals surface area contributed by atoms with Crippen molar-refractivity contribution in [3.8, 4) is 11.5 Å². The first kappa shape index (κ1) is 13.2. The Labute approximate surface area is 109 Å². The van der Waals surface area contributed by atoms with Gasteiger partial charge in [0.05, 0.1) is 13.2 Å². The Hall–Kier alpha value is -1.22. The van der Waals surface area contributed by atoms with Gasteiger partial charge in [-0.2, -0.15) is 0 Å². The summed E-state index contributed by atoms with van der Waals surface area (Å²) in [6.45, 7) is 6.61. The molecule has 0 saturated carbocycles.